The Balaban J connectivity index is 0.00000261. The number of halogens is 1. The lowest BCUT2D eigenvalue weighted by molar-refractivity contribution is 0.0511. The second-order valence-electron chi connectivity index (χ2n) is 7.26. The molecule has 3 rings (SSSR count). The molecule has 1 fully saturated rings. The second kappa shape index (κ2) is 9.35. The van der Waals surface area contributed by atoms with Crippen LogP contribution in [0.3, 0.4) is 0 Å². The number of methoxy groups -OCH3 is 1. The van der Waals surface area contributed by atoms with Gasteiger partial charge in [-0.25, -0.2) is 4.68 Å². The summed E-state index contributed by atoms with van der Waals surface area (Å²) in [5.74, 6) is -0.0737. The monoisotopic (exact) mass is 392 g/mol. The van der Waals surface area contributed by atoms with Crippen molar-refractivity contribution < 1.29 is 9.53 Å². The number of carbonyl (C=O) groups is 1. The summed E-state index contributed by atoms with van der Waals surface area (Å²) < 4.78 is 7.24. The van der Waals surface area contributed by atoms with Crippen LogP contribution in [0, 0.1) is 19.3 Å². The molecule has 148 valence electrons. The van der Waals surface area contributed by atoms with Gasteiger partial charge >= 0.3 is 0 Å². The van der Waals surface area contributed by atoms with Crippen LogP contribution < -0.4 is 10.6 Å². The summed E-state index contributed by atoms with van der Waals surface area (Å²) in [5, 5.41) is 10.9. The minimum absolute atomic E-state index is 0. The highest BCUT2D eigenvalue weighted by atomic mass is 35.5. The molecule has 0 radical (unpaired) electrons. The number of nitrogens with one attached hydrogen (secondary N) is 2. The molecule has 0 saturated carbocycles. The van der Waals surface area contributed by atoms with E-state index < -0.39 is 0 Å². The van der Waals surface area contributed by atoms with Gasteiger partial charge in [-0.2, -0.15) is 5.10 Å². The first-order chi connectivity index (χ1) is 12.5. The van der Waals surface area contributed by atoms with Crippen LogP contribution in [0.15, 0.2) is 30.5 Å². The zero-order chi connectivity index (χ0) is 18.6. The Morgan fingerprint density at radius 3 is 2.74 bits per heavy atom. The molecule has 2 heterocycles. The number of aromatic nitrogens is 2. The van der Waals surface area contributed by atoms with Crippen LogP contribution in [-0.4, -0.2) is 49.0 Å². The Hall–Kier alpha value is -1.89. The first kappa shape index (κ1) is 21.4. The van der Waals surface area contributed by atoms with Gasteiger partial charge in [0.2, 0.25) is 0 Å². The summed E-state index contributed by atoms with van der Waals surface area (Å²) in [7, 11) is 1.72. The Labute approximate surface area is 167 Å². The van der Waals surface area contributed by atoms with Gasteiger partial charge in [-0.1, -0.05) is 12.1 Å². The SMILES string of the molecule is COCC1(CNC(=O)c2cnn(-c3cccc(C)c3)c2C)CCNCC1.Cl. The lowest BCUT2D eigenvalue weighted by atomic mass is 9.79. The van der Waals surface area contributed by atoms with Crippen LogP contribution in [0.25, 0.3) is 5.69 Å². The highest BCUT2D eigenvalue weighted by Gasteiger charge is 2.32. The van der Waals surface area contributed by atoms with Crippen LogP contribution in [0.4, 0.5) is 0 Å². The molecule has 2 N–H and O–H groups in total. The highest BCUT2D eigenvalue weighted by Crippen LogP contribution is 2.28. The summed E-state index contributed by atoms with van der Waals surface area (Å²) >= 11 is 0. The van der Waals surface area contributed by atoms with Crippen molar-refractivity contribution in [2.45, 2.75) is 26.7 Å². The number of benzene rings is 1. The van der Waals surface area contributed by atoms with E-state index in [1.54, 1.807) is 13.3 Å². The molecular weight excluding hydrogens is 364 g/mol. The van der Waals surface area contributed by atoms with E-state index in [9.17, 15) is 4.79 Å². The van der Waals surface area contributed by atoms with E-state index in [4.69, 9.17) is 4.74 Å². The fraction of sp³-hybridized carbons (Fsp3) is 0.500. The molecular formula is C20H29ClN4O2. The molecule has 0 unspecified atom stereocenters. The number of piperidine rings is 1. The minimum Gasteiger partial charge on any atom is -0.384 e. The van der Waals surface area contributed by atoms with Crippen molar-refractivity contribution in [3.05, 3.63) is 47.3 Å². The largest absolute Gasteiger partial charge is 0.384 e. The van der Waals surface area contributed by atoms with Gasteiger partial charge in [0.25, 0.3) is 5.91 Å². The smallest absolute Gasteiger partial charge is 0.254 e. The molecule has 1 aliphatic heterocycles. The lowest BCUT2D eigenvalue weighted by Crippen LogP contribution is -2.47. The van der Waals surface area contributed by atoms with E-state index in [1.165, 1.54) is 0 Å². The molecule has 6 nitrogen and oxygen atoms in total. The molecule has 1 aliphatic rings. The predicted molar refractivity (Wildman–Crippen MR) is 109 cm³/mol. The predicted octanol–water partition coefficient (Wildman–Crippen LogP) is 2.66. The highest BCUT2D eigenvalue weighted by molar-refractivity contribution is 5.95. The van der Waals surface area contributed by atoms with E-state index in [0.717, 1.165) is 42.9 Å². The zero-order valence-corrected chi connectivity index (χ0v) is 17.1. The number of aryl methyl sites for hydroxylation is 1. The number of hydrogen-bond acceptors (Lipinski definition) is 4. The number of carbonyl (C=O) groups excluding carboxylic acids is 1. The first-order valence-electron chi connectivity index (χ1n) is 9.14. The molecule has 0 aliphatic carbocycles. The second-order valence-corrected chi connectivity index (χ2v) is 7.26. The summed E-state index contributed by atoms with van der Waals surface area (Å²) in [6.45, 7) is 7.18. The van der Waals surface area contributed by atoms with E-state index in [1.807, 2.05) is 36.7 Å². The van der Waals surface area contributed by atoms with Crippen LogP contribution >= 0.6 is 12.4 Å². The van der Waals surface area contributed by atoms with Crippen LogP contribution in [0.1, 0.15) is 34.5 Å². The Kier molecular flexibility index (Phi) is 7.41. The van der Waals surface area contributed by atoms with E-state index >= 15 is 0 Å². The van der Waals surface area contributed by atoms with Gasteiger partial charge in [0.05, 0.1) is 29.7 Å². The molecule has 1 saturated heterocycles. The molecule has 0 bridgehead atoms. The number of amides is 1. The van der Waals surface area contributed by atoms with Gasteiger partial charge < -0.3 is 15.4 Å². The van der Waals surface area contributed by atoms with Crippen molar-refractivity contribution in [2.75, 3.05) is 33.4 Å². The summed E-state index contributed by atoms with van der Waals surface area (Å²) in [4.78, 5) is 12.7. The third-order valence-electron chi connectivity index (χ3n) is 5.24. The molecule has 0 atom stereocenters. The molecule has 1 aromatic heterocycles. The van der Waals surface area contributed by atoms with Crippen molar-refractivity contribution in [3.8, 4) is 5.69 Å². The number of hydrogen-bond donors (Lipinski definition) is 2. The molecule has 1 amide bonds. The maximum Gasteiger partial charge on any atom is 0.254 e. The maximum absolute atomic E-state index is 12.7. The molecule has 1 aromatic carbocycles. The van der Waals surface area contributed by atoms with Crippen molar-refractivity contribution in [1.29, 1.82) is 0 Å². The lowest BCUT2D eigenvalue weighted by Gasteiger charge is -2.37. The molecule has 27 heavy (non-hydrogen) atoms. The molecule has 0 spiro atoms. The standard InChI is InChI=1S/C20H28N4O2.ClH/c1-15-5-4-6-17(11-15)24-16(2)18(12-23-24)19(25)22-13-20(14-26-3)7-9-21-10-8-20;/h4-6,11-12,21H,7-10,13-14H2,1-3H3,(H,22,25);1H. The van der Waals surface area contributed by atoms with Gasteiger partial charge in [-0.3, -0.25) is 4.79 Å². The number of ether oxygens (including phenoxy) is 1. The summed E-state index contributed by atoms with van der Waals surface area (Å²) in [6, 6.07) is 8.10. The fourth-order valence-electron chi connectivity index (χ4n) is 3.65. The molecule has 7 heteroatoms. The molecule has 2 aromatic rings. The average molecular weight is 393 g/mol. The van der Waals surface area contributed by atoms with E-state index in [-0.39, 0.29) is 23.7 Å². The van der Waals surface area contributed by atoms with Crippen LogP contribution in [0.2, 0.25) is 0 Å². The number of nitrogens with zero attached hydrogens (tertiary/aromatic N) is 2. The minimum atomic E-state index is -0.0737. The van der Waals surface area contributed by atoms with Gasteiger partial charge in [-0.05, 0) is 57.5 Å². The topological polar surface area (TPSA) is 68.2 Å². The van der Waals surface area contributed by atoms with Crippen LogP contribution in [-0.2, 0) is 4.74 Å². The third-order valence-corrected chi connectivity index (χ3v) is 5.24. The van der Waals surface area contributed by atoms with E-state index in [0.29, 0.717) is 18.7 Å². The summed E-state index contributed by atoms with van der Waals surface area (Å²) in [5.41, 5.74) is 3.61. The first-order valence-corrected chi connectivity index (χ1v) is 9.14. The van der Waals surface area contributed by atoms with Gasteiger partial charge in [0.15, 0.2) is 0 Å². The van der Waals surface area contributed by atoms with Crippen LogP contribution in [0.5, 0.6) is 0 Å². The zero-order valence-electron chi connectivity index (χ0n) is 16.2. The summed E-state index contributed by atoms with van der Waals surface area (Å²) in [6.07, 6.45) is 3.66. The Morgan fingerprint density at radius 2 is 2.07 bits per heavy atom. The van der Waals surface area contributed by atoms with Gasteiger partial charge in [0, 0.05) is 19.1 Å². The Bertz CT molecular complexity index is 764. The quantitative estimate of drug-likeness (QED) is 0.793. The third kappa shape index (κ3) is 4.89. The van der Waals surface area contributed by atoms with Crippen molar-refractivity contribution in [1.82, 2.24) is 20.4 Å². The maximum atomic E-state index is 12.7. The van der Waals surface area contributed by atoms with Gasteiger partial charge in [0.1, 0.15) is 0 Å². The van der Waals surface area contributed by atoms with Gasteiger partial charge in [-0.15, -0.1) is 12.4 Å². The average Bonchev–Trinajstić information content (AvgIpc) is 3.02. The van der Waals surface area contributed by atoms with Crippen molar-refractivity contribution in [3.63, 3.8) is 0 Å². The fourth-order valence-corrected chi connectivity index (χ4v) is 3.65. The normalized spacial score (nSPS) is 15.8. The van der Waals surface area contributed by atoms with Crippen molar-refractivity contribution in [2.24, 2.45) is 5.41 Å². The van der Waals surface area contributed by atoms with Crippen molar-refractivity contribution >= 4 is 18.3 Å². The van der Waals surface area contributed by atoms with E-state index in [2.05, 4.69) is 21.8 Å². The Morgan fingerprint density at radius 1 is 1.33 bits per heavy atom. The number of rotatable bonds is 6.